The van der Waals surface area contributed by atoms with Crippen molar-refractivity contribution in [3.05, 3.63) is 24.0 Å². The Morgan fingerprint density at radius 2 is 1.83 bits per heavy atom. The summed E-state index contributed by atoms with van der Waals surface area (Å²) in [5.74, 6) is -1.63. The van der Waals surface area contributed by atoms with E-state index in [4.69, 9.17) is 10.5 Å². The van der Waals surface area contributed by atoms with Gasteiger partial charge >= 0.3 is 0 Å². The molecule has 2 saturated heterocycles. The number of rotatable bonds is 6. The molecule has 5 N–H and O–H groups in total. The number of halogens is 1. The van der Waals surface area contributed by atoms with Gasteiger partial charge in [-0.25, -0.2) is 4.39 Å². The van der Waals surface area contributed by atoms with Gasteiger partial charge in [0.05, 0.1) is 24.6 Å². The van der Waals surface area contributed by atoms with E-state index in [-0.39, 0.29) is 11.7 Å². The van der Waals surface area contributed by atoms with Crippen LogP contribution in [0.4, 0.5) is 15.8 Å². The topological polar surface area (TPSA) is 128 Å². The molecule has 9 nitrogen and oxygen atoms in total. The zero-order valence-electron chi connectivity index (χ0n) is 16.8. The van der Waals surface area contributed by atoms with E-state index in [2.05, 4.69) is 10.2 Å². The Labute approximate surface area is 174 Å². The predicted molar refractivity (Wildman–Crippen MR) is 108 cm³/mol. The minimum atomic E-state index is -1.82. The molecule has 0 bridgehead atoms. The maximum Gasteiger partial charge on any atom is 0.254 e. The van der Waals surface area contributed by atoms with Crippen LogP contribution in [0.15, 0.2) is 18.2 Å². The fourth-order valence-electron chi connectivity index (χ4n) is 3.79. The maximum absolute atomic E-state index is 13.2. The summed E-state index contributed by atoms with van der Waals surface area (Å²) in [5, 5.41) is 22.8. The number of carbonyl (C=O) groups is 2. The van der Waals surface area contributed by atoms with Crippen molar-refractivity contribution in [2.24, 2.45) is 5.92 Å². The van der Waals surface area contributed by atoms with Crippen LogP contribution < -0.4 is 16.0 Å². The lowest BCUT2D eigenvalue weighted by molar-refractivity contribution is -0.156. The molecular weight excluding hydrogens is 395 g/mol. The van der Waals surface area contributed by atoms with Crippen LogP contribution in [0.1, 0.15) is 12.8 Å². The van der Waals surface area contributed by atoms with E-state index in [1.165, 1.54) is 17.0 Å². The van der Waals surface area contributed by atoms with E-state index >= 15 is 0 Å². The first-order valence-corrected chi connectivity index (χ1v) is 10.2. The molecule has 0 spiro atoms. The van der Waals surface area contributed by atoms with Crippen molar-refractivity contribution in [2.75, 3.05) is 56.6 Å². The molecule has 0 radical (unpaired) electrons. The molecule has 2 aliphatic heterocycles. The summed E-state index contributed by atoms with van der Waals surface area (Å²) in [6.07, 6.45) is -2.06. The fraction of sp³-hybridized carbons (Fsp3) is 0.600. The quantitative estimate of drug-likeness (QED) is 0.446. The van der Waals surface area contributed by atoms with Crippen molar-refractivity contribution < 1.29 is 28.9 Å². The third-order valence-electron chi connectivity index (χ3n) is 5.65. The van der Waals surface area contributed by atoms with Gasteiger partial charge in [0, 0.05) is 32.7 Å². The summed E-state index contributed by atoms with van der Waals surface area (Å²) in [4.78, 5) is 27.9. The third-order valence-corrected chi connectivity index (χ3v) is 5.65. The predicted octanol–water partition coefficient (Wildman–Crippen LogP) is -0.679. The highest BCUT2D eigenvalue weighted by Crippen LogP contribution is 2.28. The molecule has 2 atom stereocenters. The Morgan fingerprint density at radius 1 is 1.17 bits per heavy atom. The molecular formula is C20H29FN4O5. The van der Waals surface area contributed by atoms with Gasteiger partial charge in [0.2, 0.25) is 0 Å². The van der Waals surface area contributed by atoms with E-state index in [1.807, 2.05) is 0 Å². The Morgan fingerprint density at radius 3 is 2.47 bits per heavy atom. The van der Waals surface area contributed by atoms with Crippen LogP contribution in [-0.2, 0) is 14.3 Å². The SMILES string of the molecule is Nc1cc(F)ccc1N1CCC(CNC(=O)[C@H](O)[C@@H](O)C(=O)N2CCOCC2)CC1. The lowest BCUT2D eigenvalue weighted by Crippen LogP contribution is -2.53. The van der Waals surface area contributed by atoms with Crippen LogP contribution in [0.3, 0.4) is 0 Å². The zero-order chi connectivity index (χ0) is 21.7. The minimum Gasteiger partial charge on any atom is -0.397 e. The summed E-state index contributed by atoms with van der Waals surface area (Å²) in [7, 11) is 0. The number of aliphatic hydroxyl groups is 2. The smallest absolute Gasteiger partial charge is 0.254 e. The number of nitrogens with two attached hydrogens (primary N) is 1. The molecule has 30 heavy (non-hydrogen) atoms. The number of morpholine rings is 1. The molecule has 10 heteroatoms. The average Bonchev–Trinajstić information content (AvgIpc) is 2.77. The molecule has 0 aliphatic carbocycles. The number of anilines is 2. The van der Waals surface area contributed by atoms with Crippen molar-refractivity contribution in [1.29, 1.82) is 0 Å². The van der Waals surface area contributed by atoms with E-state index in [1.54, 1.807) is 6.07 Å². The number of ether oxygens (including phenoxy) is 1. The Hall–Kier alpha value is -2.43. The maximum atomic E-state index is 13.2. The Balaban J connectivity index is 1.43. The number of aliphatic hydroxyl groups excluding tert-OH is 2. The van der Waals surface area contributed by atoms with Crippen LogP contribution in [0.5, 0.6) is 0 Å². The van der Waals surface area contributed by atoms with Gasteiger partial charge in [-0.2, -0.15) is 0 Å². The Bertz CT molecular complexity index is 751. The van der Waals surface area contributed by atoms with Crippen molar-refractivity contribution in [2.45, 2.75) is 25.0 Å². The first kappa shape index (κ1) is 22.3. The second-order valence-electron chi connectivity index (χ2n) is 7.71. The highest BCUT2D eigenvalue weighted by Gasteiger charge is 2.34. The molecule has 0 aromatic heterocycles. The highest BCUT2D eigenvalue weighted by molar-refractivity contribution is 5.90. The third kappa shape index (κ3) is 5.38. The number of nitrogen functional groups attached to an aromatic ring is 1. The van der Waals surface area contributed by atoms with Crippen molar-refractivity contribution >= 4 is 23.2 Å². The zero-order valence-corrected chi connectivity index (χ0v) is 16.8. The Kier molecular flexibility index (Phi) is 7.46. The molecule has 2 fully saturated rings. The van der Waals surface area contributed by atoms with Crippen LogP contribution in [0, 0.1) is 11.7 Å². The second kappa shape index (κ2) is 10.1. The standard InChI is InChI=1S/C20H29FN4O5/c21-14-1-2-16(15(22)11-14)24-5-3-13(4-6-24)12-23-19(28)17(26)18(27)20(29)25-7-9-30-10-8-25/h1-2,11,13,17-18,26-27H,3-10,12,22H2,(H,23,28)/t17-,18-/m1/s1. The van der Waals surface area contributed by atoms with Gasteiger partial charge in [0.1, 0.15) is 5.82 Å². The summed E-state index contributed by atoms with van der Waals surface area (Å²) in [5.41, 5.74) is 7.08. The first-order valence-electron chi connectivity index (χ1n) is 10.2. The number of carbonyl (C=O) groups excluding carboxylic acids is 2. The number of nitrogens with zero attached hydrogens (tertiary/aromatic N) is 2. The van der Waals surface area contributed by atoms with Gasteiger partial charge < -0.3 is 35.8 Å². The van der Waals surface area contributed by atoms with E-state index in [9.17, 15) is 24.2 Å². The van der Waals surface area contributed by atoms with Gasteiger partial charge in [0.25, 0.3) is 11.8 Å². The number of hydrogen-bond acceptors (Lipinski definition) is 7. The molecule has 2 heterocycles. The van der Waals surface area contributed by atoms with Crippen LogP contribution in [0.25, 0.3) is 0 Å². The minimum absolute atomic E-state index is 0.186. The second-order valence-corrected chi connectivity index (χ2v) is 7.71. The molecule has 3 rings (SSSR count). The van der Waals surface area contributed by atoms with E-state index in [0.717, 1.165) is 18.5 Å². The monoisotopic (exact) mass is 424 g/mol. The molecule has 1 aromatic carbocycles. The van der Waals surface area contributed by atoms with Crippen molar-refractivity contribution in [3.63, 3.8) is 0 Å². The molecule has 1 aromatic rings. The van der Waals surface area contributed by atoms with Crippen LogP contribution >= 0.6 is 0 Å². The van der Waals surface area contributed by atoms with E-state index < -0.39 is 24.0 Å². The summed E-state index contributed by atoms with van der Waals surface area (Å²) >= 11 is 0. The van der Waals surface area contributed by atoms with Crippen LogP contribution in [-0.4, -0.2) is 85.1 Å². The first-order chi connectivity index (χ1) is 14.4. The fourth-order valence-corrected chi connectivity index (χ4v) is 3.79. The number of nitrogens with one attached hydrogen (secondary N) is 1. The highest BCUT2D eigenvalue weighted by atomic mass is 19.1. The number of piperidine rings is 1. The summed E-state index contributed by atoms with van der Waals surface area (Å²) < 4.78 is 18.4. The molecule has 166 valence electrons. The summed E-state index contributed by atoms with van der Waals surface area (Å²) in [6.45, 7) is 3.12. The lowest BCUT2D eigenvalue weighted by atomic mass is 9.96. The molecule has 2 amide bonds. The van der Waals surface area contributed by atoms with Crippen molar-refractivity contribution in [1.82, 2.24) is 10.2 Å². The molecule has 2 aliphatic rings. The number of amides is 2. The lowest BCUT2D eigenvalue weighted by Gasteiger charge is -2.34. The molecule has 0 unspecified atom stereocenters. The van der Waals surface area contributed by atoms with Gasteiger partial charge in [0.15, 0.2) is 12.2 Å². The number of benzene rings is 1. The average molecular weight is 424 g/mol. The van der Waals surface area contributed by atoms with E-state index in [0.29, 0.717) is 51.6 Å². The summed E-state index contributed by atoms with van der Waals surface area (Å²) in [6, 6.07) is 4.34. The van der Waals surface area contributed by atoms with Gasteiger partial charge in [-0.1, -0.05) is 0 Å². The van der Waals surface area contributed by atoms with Gasteiger partial charge in [-0.3, -0.25) is 9.59 Å². The number of hydrogen-bond donors (Lipinski definition) is 4. The van der Waals surface area contributed by atoms with Crippen molar-refractivity contribution in [3.8, 4) is 0 Å². The van der Waals surface area contributed by atoms with Crippen LogP contribution in [0.2, 0.25) is 0 Å². The molecule has 0 saturated carbocycles. The van der Waals surface area contributed by atoms with Gasteiger partial charge in [-0.15, -0.1) is 0 Å². The van der Waals surface area contributed by atoms with Gasteiger partial charge in [-0.05, 0) is 37.0 Å². The normalized spacial score (nSPS) is 20.0. The largest absolute Gasteiger partial charge is 0.397 e.